The molecule has 0 saturated heterocycles. The number of nitrogens with one attached hydrogen (secondary N) is 1. The van der Waals surface area contributed by atoms with Crippen molar-refractivity contribution in [2.24, 2.45) is 13.0 Å². The van der Waals surface area contributed by atoms with Gasteiger partial charge in [0.1, 0.15) is 0 Å². The van der Waals surface area contributed by atoms with Crippen molar-refractivity contribution in [2.45, 2.75) is 25.3 Å². The van der Waals surface area contributed by atoms with Crippen molar-refractivity contribution in [1.29, 1.82) is 0 Å². The fraction of sp³-hybridized carbons (Fsp3) is 0.462. The van der Waals surface area contributed by atoms with Gasteiger partial charge in [0.2, 0.25) is 5.91 Å². The fourth-order valence-electron chi connectivity index (χ4n) is 2.36. The van der Waals surface area contributed by atoms with Gasteiger partial charge in [-0.1, -0.05) is 6.42 Å². The number of carboxylic acid groups (broad SMARTS) is 1. The Balaban J connectivity index is 1.90. The zero-order valence-corrected chi connectivity index (χ0v) is 10.7. The average molecular weight is 263 g/mol. The molecule has 6 heteroatoms. The van der Waals surface area contributed by atoms with Crippen molar-refractivity contribution in [3.63, 3.8) is 0 Å². The summed E-state index contributed by atoms with van der Waals surface area (Å²) < 4.78 is 1.65. The van der Waals surface area contributed by atoms with Gasteiger partial charge in [-0.2, -0.15) is 5.10 Å². The van der Waals surface area contributed by atoms with E-state index in [4.69, 9.17) is 5.11 Å². The molecule has 0 aliphatic heterocycles. The van der Waals surface area contributed by atoms with Gasteiger partial charge in [0.15, 0.2) is 0 Å². The first-order valence-electron chi connectivity index (χ1n) is 6.26. The second-order valence-electron chi connectivity index (χ2n) is 4.77. The Morgan fingerprint density at radius 1 is 1.53 bits per heavy atom. The molecule has 2 atom stereocenters. The van der Waals surface area contributed by atoms with Crippen LogP contribution in [0.2, 0.25) is 0 Å². The second kappa shape index (κ2) is 5.69. The number of hydrogen-bond acceptors (Lipinski definition) is 3. The molecule has 1 heterocycles. The van der Waals surface area contributed by atoms with E-state index >= 15 is 0 Å². The smallest absolute Gasteiger partial charge is 0.308 e. The molecule has 1 saturated carbocycles. The lowest BCUT2D eigenvalue weighted by Crippen LogP contribution is -2.39. The third kappa shape index (κ3) is 3.43. The van der Waals surface area contributed by atoms with Crippen LogP contribution in [0.15, 0.2) is 18.5 Å². The van der Waals surface area contributed by atoms with E-state index in [-0.39, 0.29) is 11.9 Å². The lowest BCUT2D eigenvalue weighted by molar-refractivity contribution is -0.142. The third-order valence-electron chi connectivity index (χ3n) is 3.31. The van der Waals surface area contributed by atoms with E-state index in [0.29, 0.717) is 6.42 Å². The number of amides is 1. The Bertz CT molecular complexity index is 507. The summed E-state index contributed by atoms with van der Waals surface area (Å²) in [6, 6.07) is -0.261. The quantitative estimate of drug-likeness (QED) is 0.787. The normalized spacial score (nSPS) is 22.8. The predicted octanol–water partition coefficient (Wildman–Crippen LogP) is 0.803. The van der Waals surface area contributed by atoms with Gasteiger partial charge in [0.05, 0.1) is 12.1 Å². The Labute approximate surface area is 111 Å². The SMILES string of the molecule is Cn1cc(C=CC(=O)NC2CCCC2C(=O)O)cn1. The maximum absolute atomic E-state index is 11.7. The number of nitrogens with zero attached hydrogens (tertiary/aromatic N) is 2. The van der Waals surface area contributed by atoms with Gasteiger partial charge < -0.3 is 10.4 Å². The van der Waals surface area contributed by atoms with Crippen LogP contribution in [-0.4, -0.2) is 32.8 Å². The topological polar surface area (TPSA) is 84.2 Å². The molecule has 1 fully saturated rings. The molecule has 2 N–H and O–H groups in total. The monoisotopic (exact) mass is 263 g/mol. The standard InChI is InChI=1S/C13H17N3O3/c1-16-8-9(7-14-16)5-6-12(17)15-11-4-2-3-10(11)13(18)19/h5-8,10-11H,2-4H2,1H3,(H,15,17)(H,18,19). The average Bonchev–Trinajstić information content (AvgIpc) is 2.95. The lowest BCUT2D eigenvalue weighted by Gasteiger charge is -2.16. The maximum Gasteiger partial charge on any atom is 0.308 e. The highest BCUT2D eigenvalue weighted by Gasteiger charge is 2.33. The van der Waals surface area contributed by atoms with Crippen molar-refractivity contribution < 1.29 is 14.7 Å². The fourth-order valence-corrected chi connectivity index (χ4v) is 2.36. The van der Waals surface area contributed by atoms with Crippen LogP contribution < -0.4 is 5.32 Å². The Morgan fingerprint density at radius 2 is 2.32 bits per heavy atom. The van der Waals surface area contributed by atoms with E-state index < -0.39 is 11.9 Å². The summed E-state index contributed by atoms with van der Waals surface area (Å²) in [5, 5.41) is 15.8. The Hall–Kier alpha value is -2.11. The summed E-state index contributed by atoms with van der Waals surface area (Å²) in [5.74, 6) is -1.56. The number of aliphatic carboxylic acids is 1. The molecule has 1 aliphatic carbocycles. The van der Waals surface area contributed by atoms with Crippen molar-refractivity contribution in [3.8, 4) is 0 Å². The molecule has 6 nitrogen and oxygen atoms in total. The highest BCUT2D eigenvalue weighted by atomic mass is 16.4. The van der Waals surface area contributed by atoms with E-state index in [1.54, 1.807) is 30.2 Å². The molecule has 19 heavy (non-hydrogen) atoms. The second-order valence-corrected chi connectivity index (χ2v) is 4.77. The molecule has 1 aliphatic rings. The Kier molecular flexibility index (Phi) is 3.99. The lowest BCUT2D eigenvalue weighted by atomic mass is 10.0. The van der Waals surface area contributed by atoms with Gasteiger partial charge in [0, 0.05) is 30.9 Å². The third-order valence-corrected chi connectivity index (χ3v) is 3.31. The van der Waals surface area contributed by atoms with Crippen molar-refractivity contribution in [1.82, 2.24) is 15.1 Å². The van der Waals surface area contributed by atoms with Crippen LogP contribution in [0.25, 0.3) is 6.08 Å². The largest absolute Gasteiger partial charge is 0.481 e. The molecule has 1 aromatic heterocycles. The molecule has 2 rings (SSSR count). The molecule has 0 spiro atoms. The number of carbonyl (C=O) groups is 2. The van der Waals surface area contributed by atoms with Crippen LogP contribution in [0, 0.1) is 5.92 Å². The molecule has 2 unspecified atom stereocenters. The van der Waals surface area contributed by atoms with Crippen LogP contribution in [0.5, 0.6) is 0 Å². The van der Waals surface area contributed by atoms with Gasteiger partial charge >= 0.3 is 5.97 Å². The summed E-state index contributed by atoms with van der Waals surface area (Å²) >= 11 is 0. The minimum Gasteiger partial charge on any atom is -0.481 e. The summed E-state index contributed by atoms with van der Waals surface area (Å²) in [6.45, 7) is 0. The first kappa shape index (κ1) is 13.3. The van der Waals surface area contributed by atoms with Crippen LogP contribution >= 0.6 is 0 Å². The van der Waals surface area contributed by atoms with Crippen LogP contribution in [-0.2, 0) is 16.6 Å². The summed E-state index contributed by atoms with van der Waals surface area (Å²) in [4.78, 5) is 22.7. The van der Waals surface area contributed by atoms with Crippen LogP contribution in [0.1, 0.15) is 24.8 Å². The molecular weight excluding hydrogens is 246 g/mol. The van der Waals surface area contributed by atoms with Crippen LogP contribution in [0.4, 0.5) is 0 Å². The summed E-state index contributed by atoms with van der Waals surface area (Å²) in [5.41, 5.74) is 0.832. The minimum atomic E-state index is -0.834. The van der Waals surface area contributed by atoms with Gasteiger partial charge in [-0.3, -0.25) is 14.3 Å². The molecule has 0 bridgehead atoms. The number of carboxylic acids is 1. The summed E-state index contributed by atoms with van der Waals surface area (Å²) in [7, 11) is 1.80. The zero-order valence-electron chi connectivity index (χ0n) is 10.7. The minimum absolute atomic E-state index is 0.261. The molecular formula is C13H17N3O3. The van der Waals surface area contributed by atoms with Crippen molar-refractivity contribution in [3.05, 3.63) is 24.0 Å². The molecule has 102 valence electrons. The maximum atomic E-state index is 11.7. The first-order valence-corrected chi connectivity index (χ1v) is 6.26. The highest BCUT2D eigenvalue weighted by molar-refractivity contribution is 5.92. The van der Waals surface area contributed by atoms with E-state index in [9.17, 15) is 9.59 Å². The molecule has 0 radical (unpaired) electrons. The van der Waals surface area contributed by atoms with Gasteiger partial charge in [-0.15, -0.1) is 0 Å². The number of hydrogen-bond donors (Lipinski definition) is 2. The molecule has 1 aromatic rings. The van der Waals surface area contributed by atoms with Crippen molar-refractivity contribution >= 4 is 18.0 Å². The van der Waals surface area contributed by atoms with E-state index in [1.807, 2.05) is 0 Å². The summed E-state index contributed by atoms with van der Waals surface area (Å²) in [6.07, 6.45) is 8.71. The van der Waals surface area contributed by atoms with Gasteiger partial charge in [-0.25, -0.2) is 0 Å². The van der Waals surface area contributed by atoms with E-state index in [1.165, 1.54) is 6.08 Å². The molecule has 0 aromatic carbocycles. The number of aromatic nitrogens is 2. The number of aryl methyl sites for hydroxylation is 1. The first-order chi connectivity index (χ1) is 9.06. The zero-order chi connectivity index (χ0) is 13.8. The number of rotatable bonds is 4. The van der Waals surface area contributed by atoms with E-state index in [2.05, 4.69) is 10.4 Å². The highest BCUT2D eigenvalue weighted by Crippen LogP contribution is 2.25. The Morgan fingerprint density at radius 3 is 2.95 bits per heavy atom. The van der Waals surface area contributed by atoms with Gasteiger partial charge in [-0.05, 0) is 18.9 Å². The van der Waals surface area contributed by atoms with Gasteiger partial charge in [0.25, 0.3) is 0 Å². The van der Waals surface area contributed by atoms with E-state index in [0.717, 1.165) is 18.4 Å². The number of carbonyl (C=O) groups excluding carboxylic acids is 1. The molecule has 1 amide bonds. The predicted molar refractivity (Wildman–Crippen MR) is 69.1 cm³/mol. The van der Waals surface area contributed by atoms with Crippen LogP contribution in [0.3, 0.4) is 0 Å². The van der Waals surface area contributed by atoms with Crippen molar-refractivity contribution in [2.75, 3.05) is 0 Å².